The zero-order valence-corrected chi connectivity index (χ0v) is 14.9. The van der Waals surface area contributed by atoms with Gasteiger partial charge in [0.15, 0.2) is 5.65 Å². The summed E-state index contributed by atoms with van der Waals surface area (Å²) in [5, 5.41) is 8.67. The number of alkyl halides is 2. The Labute approximate surface area is 153 Å². The van der Waals surface area contributed by atoms with Crippen LogP contribution >= 0.6 is 0 Å². The van der Waals surface area contributed by atoms with Crippen LogP contribution in [-0.2, 0) is 7.05 Å². The van der Waals surface area contributed by atoms with E-state index in [2.05, 4.69) is 15.2 Å². The lowest BCUT2D eigenvalue weighted by Crippen LogP contribution is -2.02. The van der Waals surface area contributed by atoms with Crippen molar-refractivity contribution in [3.63, 3.8) is 0 Å². The van der Waals surface area contributed by atoms with Crippen molar-refractivity contribution in [3.05, 3.63) is 59.3 Å². The van der Waals surface area contributed by atoms with Crippen LogP contribution in [0, 0.1) is 19.7 Å². The monoisotopic (exact) mass is 371 g/mol. The fourth-order valence-corrected chi connectivity index (χ4v) is 3.17. The molecule has 0 unspecified atom stereocenters. The van der Waals surface area contributed by atoms with Crippen LogP contribution in [0.3, 0.4) is 0 Å². The lowest BCUT2D eigenvalue weighted by molar-refractivity contribution is 0.153. The molecule has 138 valence electrons. The number of halogens is 3. The molecule has 0 saturated heterocycles. The number of para-hydroxylation sites is 1. The van der Waals surface area contributed by atoms with Crippen LogP contribution < -0.4 is 0 Å². The fourth-order valence-electron chi connectivity index (χ4n) is 3.17. The third kappa shape index (κ3) is 2.68. The van der Waals surface area contributed by atoms with Crippen molar-refractivity contribution in [1.29, 1.82) is 0 Å². The minimum atomic E-state index is -2.72. The predicted molar refractivity (Wildman–Crippen MR) is 95.5 cm³/mol. The number of hydrogen-bond donors (Lipinski definition) is 0. The smallest absolute Gasteiger partial charge is 0.264 e. The minimum Gasteiger partial charge on any atom is -0.272 e. The lowest BCUT2D eigenvalue weighted by atomic mass is 10.1. The third-order valence-electron chi connectivity index (χ3n) is 4.67. The van der Waals surface area contributed by atoms with Crippen molar-refractivity contribution in [3.8, 4) is 16.9 Å². The van der Waals surface area contributed by atoms with E-state index in [4.69, 9.17) is 0 Å². The van der Waals surface area contributed by atoms with Gasteiger partial charge in [-0.15, -0.1) is 0 Å². The van der Waals surface area contributed by atoms with Gasteiger partial charge in [0.1, 0.15) is 11.5 Å². The van der Waals surface area contributed by atoms with Gasteiger partial charge in [-0.1, -0.05) is 12.1 Å². The maximum atomic E-state index is 14.3. The number of fused-ring (bicyclic) bond motifs is 1. The highest BCUT2D eigenvalue weighted by Crippen LogP contribution is 2.34. The molecule has 0 radical (unpaired) electrons. The van der Waals surface area contributed by atoms with Gasteiger partial charge in [0.05, 0.1) is 23.0 Å². The van der Waals surface area contributed by atoms with E-state index in [9.17, 15) is 13.2 Å². The highest BCUT2D eigenvalue weighted by Gasteiger charge is 2.23. The molecule has 5 nitrogen and oxygen atoms in total. The zero-order chi connectivity index (χ0) is 19.3. The van der Waals surface area contributed by atoms with Crippen molar-refractivity contribution >= 4 is 11.0 Å². The van der Waals surface area contributed by atoms with Crippen molar-refractivity contribution in [1.82, 2.24) is 24.5 Å². The van der Waals surface area contributed by atoms with E-state index in [0.29, 0.717) is 17.0 Å². The van der Waals surface area contributed by atoms with Gasteiger partial charge in [-0.2, -0.15) is 10.2 Å². The summed E-state index contributed by atoms with van der Waals surface area (Å²) < 4.78 is 44.9. The Bertz CT molecular complexity index is 1160. The molecule has 0 aliphatic carbocycles. The second kappa shape index (κ2) is 6.22. The van der Waals surface area contributed by atoms with E-state index < -0.39 is 12.2 Å². The predicted octanol–water partition coefficient (Wildman–Crippen LogP) is 4.51. The molecule has 0 fully saturated rings. The number of hydrogen-bond acceptors (Lipinski definition) is 3. The molecular weight excluding hydrogens is 355 g/mol. The molecule has 0 saturated carbocycles. The first-order valence-corrected chi connectivity index (χ1v) is 8.30. The van der Waals surface area contributed by atoms with E-state index in [1.807, 2.05) is 6.92 Å². The van der Waals surface area contributed by atoms with Crippen LogP contribution in [0.25, 0.3) is 28.0 Å². The summed E-state index contributed by atoms with van der Waals surface area (Å²) in [6, 6.07) is 7.40. The SMILES string of the molecule is Cc1nn(-c2ccccc2F)c2nc(-c3cnn(C)c3C)cc(C(F)F)c12. The van der Waals surface area contributed by atoms with Crippen LogP contribution in [-0.4, -0.2) is 24.5 Å². The molecule has 4 aromatic rings. The van der Waals surface area contributed by atoms with Gasteiger partial charge in [-0.25, -0.2) is 22.8 Å². The van der Waals surface area contributed by atoms with Gasteiger partial charge in [-0.3, -0.25) is 4.68 Å². The maximum absolute atomic E-state index is 14.3. The molecule has 0 spiro atoms. The van der Waals surface area contributed by atoms with Crippen molar-refractivity contribution in [2.75, 3.05) is 0 Å². The molecule has 0 N–H and O–H groups in total. The second-order valence-corrected chi connectivity index (χ2v) is 6.31. The molecule has 27 heavy (non-hydrogen) atoms. The summed E-state index contributed by atoms with van der Waals surface area (Å²) in [5.41, 5.74) is 2.30. The summed E-state index contributed by atoms with van der Waals surface area (Å²) in [7, 11) is 1.76. The Morgan fingerprint density at radius 3 is 2.48 bits per heavy atom. The Morgan fingerprint density at radius 2 is 1.85 bits per heavy atom. The van der Waals surface area contributed by atoms with Gasteiger partial charge < -0.3 is 0 Å². The van der Waals surface area contributed by atoms with Crippen molar-refractivity contribution in [2.45, 2.75) is 20.3 Å². The largest absolute Gasteiger partial charge is 0.272 e. The molecule has 0 aliphatic rings. The summed E-state index contributed by atoms with van der Waals surface area (Å²) in [5.74, 6) is -0.509. The molecular formula is C19H16F3N5. The number of pyridine rings is 1. The fraction of sp³-hybridized carbons (Fsp3) is 0.211. The first-order valence-electron chi connectivity index (χ1n) is 8.30. The van der Waals surface area contributed by atoms with Crippen molar-refractivity contribution in [2.24, 2.45) is 7.05 Å². The van der Waals surface area contributed by atoms with Gasteiger partial charge in [0, 0.05) is 23.9 Å². The third-order valence-corrected chi connectivity index (χ3v) is 4.67. The summed E-state index contributed by atoms with van der Waals surface area (Å²) in [4.78, 5) is 4.55. The molecule has 4 rings (SSSR count). The average molecular weight is 371 g/mol. The normalized spacial score (nSPS) is 11.7. The highest BCUT2D eigenvalue weighted by atomic mass is 19.3. The van der Waals surface area contributed by atoms with Crippen LogP contribution in [0.2, 0.25) is 0 Å². The summed E-state index contributed by atoms with van der Waals surface area (Å²) >= 11 is 0. The zero-order valence-electron chi connectivity index (χ0n) is 14.9. The first kappa shape index (κ1) is 17.3. The van der Waals surface area contributed by atoms with Crippen LogP contribution in [0.1, 0.15) is 23.4 Å². The molecule has 0 atom stereocenters. The van der Waals surface area contributed by atoms with E-state index in [1.54, 1.807) is 37.0 Å². The Hall–Kier alpha value is -3.16. The molecule has 0 aliphatic heterocycles. The summed E-state index contributed by atoms with van der Waals surface area (Å²) in [6.07, 6.45) is -1.14. The van der Waals surface area contributed by atoms with E-state index in [-0.39, 0.29) is 22.3 Å². The average Bonchev–Trinajstić information content (AvgIpc) is 3.15. The molecule has 8 heteroatoms. The number of benzene rings is 1. The number of nitrogens with zero attached hydrogens (tertiary/aromatic N) is 5. The van der Waals surface area contributed by atoms with E-state index in [0.717, 1.165) is 5.69 Å². The topological polar surface area (TPSA) is 48.5 Å². The molecule has 0 amide bonds. The maximum Gasteiger partial charge on any atom is 0.264 e. The Balaban J connectivity index is 2.08. The lowest BCUT2D eigenvalue weighted by Gasteiger charge is -2.09. The minimum absolute atomic E-state index is 0.156. The molecule has 3 aromatic heterocycles. The highest BCUT2D eigenvalue weighted by molar-refractivity contribution is 5.86. The number of aryl methyl sites for hydroxylation is 2. The molecule has 1 aromatic carbocycles. The van der Waals surface area contributed by atoms with E-state index in [1.165, 1.54) is 22.9 Å². The van der Waals surface area contributed by atoms with Crippen LogP contribution in [0.5, 0.6) is 0 Å². The van der Waals surface area contributed by atoms with Crippen LogP contribution in [0.15, 0.2) is 36.5 Å². The van der Waals surface area contributed by atoms with Gasteiger partial charge in [0.2, 0.25) is 0 Å². The quantitative estimate of drug-likeness (QED) is 0.532. The standard InChI is InChI=1S/C19H16F3N5/c1-10-17-12(18(21)22)8-15(13-9-23-26(3)11(13)2)24-19(17)27(25-10)16-7-5-4-6-14(16)20/h4-9,18H,1-3H3. The first-order chi connectivity index (χ1) is 12.9. The van der Waals surface area contributed by atoms with Gasteiger partial charge >= 0.3 is 0 Å². The Morgan fingerprint density at radius 1 is 1.11 bits per heavy atom. The molecule has 0 bridgehead atoms. The van der Waals surface area contributed by atoms with Crippen LogP contribution in [0.4, 0.5) is 13.2 Å². The van der Waals surface area contributed by atoms with Gasteiger partial charge in [-0.05, 0) is 32.0 Å². The van der Waals surface area contributed by atoms with Gasteiger partial charge in [0.25, 0.3) is 6.43 Å². The second-order valence-electron chi connectivity index (χ2n) is 6.31. The van der Waals surface area contributed by atoms with E-state index >= 15 is 0 Å². The Kier molecular flexibility index (Phi) is 3.98. The number of aromatic nitrogens is 5. The molecule has 3 heterocycles. The van der Waals surface area contributed by atoms with Crippen molar-refractivity contribution < 1.29 is 13.2 Å². The summed E-state index contributed by atoms with van der Waals surface area (Å²) in [6.45, 7) is 3.44. The number of rotatable bonds is 3.